The van der Waals surface area contributed by atoms with E-state index in [-0.39, 0.29) is 5.91 Å². The van der Waals surface area contributed by atoms with Crippen LogP contribution in [-0.2, 0) is 0 Å². The van der Waals surface area contributed by atoms with Gasteiger partial charge in [0.2, 0.25) is 0 Å². The highest BCUT2D eigenvalue weighted by Crippen LogP contribution is 2.28. The number of piperazine rings is 1. The fourth-order valence-corrected chi connectivity index (χ4v) is 4.61. The quantitative estimate of drug-likeness (QED) is 0.466. The van der Waals surface area contributed by atoms with Gasteiger partial charge in [0, 0.05) is 42.2 Å². The largest absolute Gasteiger partial charge is 0.451 e. The summed E-state index contributed by atoms with van der Waals surface area (Å²) in [5, 5.41) is 1.89. The van der Waals surface area contributed by atoms with Gasteiger partial charge in [0.25, 0.3) is 5.91 Å². The van der Waals surface area contributed by atoms with E-state index in [2.05, 4.69) is 30.8 Å². The fourth-order valence-electron chi connectivity index (χ4n) is 3.27. The molecule has 0 spiro atoms. The number of benzene rings is 1. The number of carbonyl (C=O) groups is 1. The van der Waals surface area contributed by atoms with E-state index in [1.165, 1.54) is 0 Å². The van der Waals surface area contributed by atoms with E-state index < -0.39 is 0 Å². The molecule has 0 unspecified atom stereocenters. The Morgan fingerprint density at radius 1 is 1.15 bits per heavy atom. The Hall–Kier alpha value is -2.45. The van der Waals surface area contributed by atoms with Crippen molar-refractivity contribution in [3.05, 3.63) is 52.8 Å². The molecule has 3 aromatic heterocycles. The Morgan fingerprint density at radius 3 is 2.81 bits per heavy atom. The smallest absolute Gasteiger partial charge is 0.289 e. The molecule has 27 heavy (non-hydrogen) atoms. The van der Waals surface area contributed by atoms with E-state index in [0.29, 0.717) is 18.8 Å². The van der Waals surface area contributed by atoms with Crippen LogP contribution < -0.4 is 4.90 Å². The molecule has 0 atom stereocenters. The molecule has 5 rings (SSSR count). The second-order valence-corrected chi connectivity index (χ2v) is 8.27. The number of carbonyl (C=O) groups excluding carboxylic acids is 1. The van der Waals surface area contributed by atoms with Gasteiger partial charge in [-0.2, -0.15) is 0 Å². The van der Waals surface area contributed by atoms with Crippen LogP contribution in [-0.4, -0.2) is 47.0 Å². The Labute approximate surface area is 167 Å². The van der Waals surface area contributed by atoms with E-state index in [9.17, 15) is 4.79 Å². The first-order valence-corrected chi connectivity index (χ1v) is 10.2. The molecule has 1 saturated heterocycles. The lowest BCUT2D eigenvalue weighted by Gasteiger charge is -2.34. The summed E-state index contributed by atoms with van der Waals surface area (Å²) in [6.45, 7) is 2.78. The number of nitrogens with zero attached hydrogens (tertiary/aromatic N) is 4. The zero-order valence-corrected chi connectivity index (χ0v) is 16.7. The molecular weight excluding hydrogens is 428 g/mol. The molecule has 4 heterocycles. The molecule has 1 aliphatic heterocycles. The molecule has 8 heteroatoms. The first-order valence-electron chi connectivity index (χ1n) is 8.62. The highest BCUT2D eigenvalue weighted by atomic mass is 79.9. The molecular formula is C19H15BrN4O2S. The van der Waals surface area contributed by atoms with Gasteiger partial charge in [0.05, 0.1) is 0 Å². The summed E-state index contributed by atoms with van der Waals surface area (Å²) in [6.07, 6.45) is 1.78. The summed E-state index contributed by atoms with van der Waals surface area (Å²) in [5.41, 5.74) is 1.65. The molecule has 1 aliphatic rings. The van der Waals surface area contributed by atoms with Gasteiger partial charge >= 0.3 is 0 Å². The van der Waals surface area contributed by atoms with Crippen LogP contribution in [0, 0.1) is 0 Å². The van der Waals surface area contributed by atoms with Gasteiger partial charge in [0.15, 0.2) is 10.9 Å². The van der Waals surface area contributed by atoms with Crippen LogP contribution in [0.1, 0.15) is 10.6 Å². The number of furan rings is 1. The van der Waals surface area contributed by atoms with E-state index in [1.807, 2.05) is 41.3 Å². The van der Waals surface area contributed by atoms with E-state index in [1.54, 1.807) is 17.5 Å². The molecule has 1 aromatic carbocycles. The summed E-state index contributed by atoms with van der Waals surface area (Å²) in [6, 6.07) is 11.4. The maximum absolute atomic E-state index is 12.8. The lowest BCUT2D eigenvalue weighted by molar-refractivity contribution is 0.0717. The Morgan fingerprint density at radius 2 is 2.00 bits per heavy atom. The number of halogens is 1. The van der Waals surface area contributed by atoms with Crippen LogP contribution >= 0.6 is 27.3 Å². The van der Waals surface area contributed by atoms with Crippen molar-refractivity contribution in [1.29, 1.82) is 0 Å². The molecule has 1 amide bonds. The standard InChI is InChI=1S/C19H15BrN4O2S/c20-13-3-4-15-12(10-13)11-16(26-15)18(25)23-6-8-24(9-7-23)19-22-14-2-1-5-21-17(14)27-19/h1-5,10-11H,6-9H2. The van der Waals surface area contributed by atoms with Gasteiger partial charge < -0.3 is 14.2 Å². The third-order valence-electron chi connectivity index (χ3n) is 4.68. The summed E-state index contributed by atoms with van der Waals surface area (Å²) in [4.78, 5) is 26.8. The topological polar surface area (TPSA) is 62.5 Å². The van der Waals surface area contributed by atoms with Gasteiger partial charge in [-0.3, -0.25) is 4.79 Å². The third kappa shape index (κ3) is 3.08. The van der Waals surface area contributed by atoms with Crippen molar-refractivity contribution in [2.45, 2.75) is 0 Å². The Kier molecular flexibility index (Phi) is 4.09. The monoisotopic (exact) mass is 442 g/mol. The van der Waals surface area contributed by atoms with Crippen LogP contribution in [0.5, 0.6) is 0 Å². The summed E-state index contributed by atoms with van der Waals surface area (Å²) in [7, 11) is 0. The van der Waals surface area contributed by atoms with Gasteiger partial charge in [-0.15, -0.1) is 0 Å². The highest BCUT2D eigenvalue weighted by molar-refractivity contribution is 9.10. The second-order valence-electron chi connectivity index (χ2n) is 6.40. The molecule has 4 aromatic rings. The maximum Gasteiger partial charge on any atom is 0.289 e. The van der Waals surface area contributed by atoms with Gasteiger partial charge in [-0.1, -0.05) is 27.3 Å². The normalized spacial score (nSPS) is 15.0. The number of aromatic nitrogens is 2. The zero-order chi connectivity index (χ0) is 18.4. The second kappa shape index (κ2) is 6.61. The van der Waals surface area contributed by atoms with Crippen molar-refractivity contribution in [3.63, 3.8) is 0 Å². The van der Waals surface area contributed by atoms with Crippen molar-refractivity contribution in [1.82, 2.24) is 14.9 Å². The number of hydrogen-bond acceptors (Lipinski definition) is 6. The lowest BCUT2D eigenvalue weighted by Crippen LogP contribution is -2.48. The van der Waals surface area contributed by atoms with Crippen LogP contribution in [0.15, 0.2) is 51.5 Å². The van der Waals surface area contributed by atoms with Crippen LogP contribution in [0.25, 0.3) is 21.3 Å². The number of thiazole rings is 1. The molecule has 1 fully saturated rings. The van der Waals surface area contributed by atoms with Crippen molar-refractivity contribution >= 4 is 59.6 Å². The zero-order valence-electron chi connectivity index (χ0n) is 14.3. The number of pyridine rings is 1. The molecule has 0 bridgehead atoms. The van der Waals surface area contributed by atoms with Crippen LogP contribution in [0.4, 0.5) is 5.13 Å². The number of rotatable bonds is 2. The van der Waals surface area contributed by atoms with Crippen molar-refractivity contribution in [3.8, 4) is 0 Å². The minimum Gasteiger partial charge on any atom is -0.451 e. The average molecular weight is 443 g/mol. The third-order valence-corrected chi connectivity index (χ3v) is 6.21. The maximum atomic E-state index is 12.8. The van der Waals surface area contributed by atoms with Crippen molar-refractivity contribution in [2.24, 2.45) is 0 Å². The van der Waals surface area contributed by atoms with Crippen molar-refractivity contribution < 1.29 is 9.21 Å². The van der Waals surface area contributed by atoms with E-state index in [0.717, 1.165) is 44.0 Å². The Balaban J connectivity index is 1.31. The predicted molar refractivity (Wildman–Crippen MR) is 109 cm³/mol. The fraction of sp³-hybridized carbons (Fsp3) is 0.211. The summed E-state index contributed by atoms with van der Waals surface area (Å²) in [5.74, 6) is 0.327. The number of fused-ring (bicyclic) bond motifs is 2. The molecule has 0 aliphatic carbocycles. The number of anilines is 1. The molecule has 136 valence electrons. The molecule has 0 radical (unpaired) electrons. The molecule has 0 saturated carbocycles. The molecule has 6 nitrogen and oxygen atoms in total. The number of amides is 1. The summed E-state index contributed by atoms with van der Waals surface area (Å²) >= 11 is 5.04. The number of hydrogen-bond donors (Lipinski definition) is 0. The van der Waals surface area contributed by atoms with Crippen LogP contribution in [0.2, 0.25) is 0 Å². The van der Waals surface area contributed by atoms with E-state index >= 15 is 0 Å². The van der Waals surface area contributed by atoms with E-state index in [4.69, 9.17) is 4.42 Å². The van der Waals surface area contributed by atoms with Gasteiger partial charge in [-0.05, 0) is 36.4 Å². The van der Waals surface area contributed by atoms with Crippen molar-refractivity contribution in [2.75, 3.05) is 31.1 Å². The SMILES string of the molecule is O=C(c1cc2cc(Br)ccc2o1)N1CCN(c2nc3cccnc3s2)CC1. The Bertz CT molecular complexity index is 1110. The highest BCUT2D eigenvalue weighted by Gasteiger charge is 2.26. The molecule has 0 N–H and O–H groups in total. The lowest BCUT2D eigenvalue weighted by atomic mass is 10.2. The minimum atomic E-state index is -0.0621. The van der Waals surface area contributed by atoms with Crippen LogP contribution in [0.3, 0.4) is 0 Å². The summed E-state index contributed by atoms with van der Waals surface area (Å²) < 4.78 is 6.71. The first kappa shape index (κ1) is 16.7. The predicted octanol–water partition coefficient (Wildman–Crippen LogP) is 4.16. The minimum absolute atomic E-state index is 0.0621. The average Bonchev–Trinajstić information content (AvgIpc) is 3.31. The van der Waals surface area contributed by atoms with Gasteiger partial charge in [-0.25, -0.2) is 9.97 Å². The van der Waals surface area contributed by atoms with Gasteiger partial charge in [0.1, 0.15) is 15.9 Å². The first-order chi connectivity index (χ1) is 13.2.